The molecule has 0 heterocycles. The van der Waals surface area contributed by atoms with Crippen molar-refractivity contribution >= 4 is 11.8 Å². The molecule has 2 N–H and O–H groups in total. The van der Waals surface area contributed by atoms with Crippen LogP contribution in [0.3, 0.4) is 0 Å². The van der Waals surface area contributed by atoms with Gasteiger partial charge in [-0.05, 0) is 24.3 Å². The van der Waals surface area contributed by atoms with Gasteiger partial charge in [-0.1, -0.05) is 0 Å². The van der Waals surface area contributed by atoms with E-state index in [2.05, 4.69) is 0 Å². The quantitative estimate of drug-likeness (QED) is 0.538. The number of rotatable bonds is 2. The Morgan fingerprint density at radius 1 is 0.875 bits per heavy atom. The molecule has 0 aromatic heterocycles. The van der Waals surface area contributed by atoms with Crippen molar-refractivity contribution in [2.45, 2.75) is 0 Å². The van der Waals surface area contributed by atoms with Crippen molar-refractivity contribution in [2.75, 3.05) is 0 Å². The average molecular weight is 214 g/mol. The van der Waals surface area contributed by atoms with E-state index in [4.69, 9.17) is 10.5 Å². The molecule has 0 spiro atoms. The largest absolute Gasteiger partial charge is 0.268 e. The fraction of sp³-hybridized carbons (Fsp3) is 0. The minimum absolute atomic E-state index is 0.259. The predicted octanol–water partition coefficient (Wildman–Crippen LogP) is 0.108. The van der Waals surface area contributed by atoms with Crippen LogP contribution in [-0.2, 0) is 0 Å². The smallest absolute Gasteiger partial charge is 0.264 e. The van der Waals surface area contributed by atoms with Crippen LogP contribution in [0.1, 0.15) is 20.7 Å². The van der Waals surface area contributed by atoms with Crippen LogP contribution in [0.5, 0.6) is 0 Å². The third kappa shape index (κ3) is 2.56. The monoisotopic (exact) mass is 214 g/mol. The first-order chi connectivity index (χ1) is 7.69. The molecule has 0 unspecified atom stereocenters. The zero-order valence-electron chi connectivity index (χ0n) is 8.02. The van der Waals surface area contributed by atoms with Crippen molar-refractivity contribution in [1.82, 2.24) is 10.6 Å². The second-order valence-corrected chi connectivity index (χ2v) is 2.71. The van der Waals surface area contributed by atoms with Gasteiger partial charge in [0.05, 0.1) is 0 Å². The van der Waals surface area contributed by atoms with Crippen molar-refractivity contribution in [3.05, 3.63) is 35.4 Å². The summed E-state index contributed by atoms with van der Waals surface area (Å²) in [7, 11) is 0. The van der Waals surface area contributed by atoms with Crippen LogP contribution < -0.4 is 10.6 Å². The molecular formula is C10H6N4O2. The van der Waals surface area contributed by atoms with Gasteiger partial charge in [-0.2, -0.15) is 10.5 Å². The Bertz CT molecular complexity index is 446. The average Bonchev–Trinajstić information content (AvgIpc) is 2.30. The van der Waals surface area contributed by atoms with Gasteiger partial charge < -0.3 is 0 Å². The lowest BCUT2D eigenvalue weighted by molar-refractivity contribution is 0.0961. The number of nitriles is 2. The molecule has 0 saturated carbocycles. The Morgan fingerprint density at radius 2 is 1.19 bits per heavy atom. The minimum Gasteiger partial charge on any atom is -0.268 e. The SMILES string of the molecule is N#CNC(=O)c1ccc(C(=O)NC#N)cc1. The fourth-order valence-corrected chi connectivity index (χ4v) is 1.02. The third-order valence-corrected chi connectivity index (χ3v) is 1.75. The van der Waals surface area contributed by atoms with Crippen molar-refractivity contribution in [2.24, 2.45) is 0 Å². The van der Waals surface area contributed by atoms with Crippen LogP contribution in [0, 0.1) is 22.9 Å². The van der Waals surface area contributed by atoms with Crippen LogP contribution >= 0.6 is 0 Å². The van der Waals surface area contributed by atoms with E-state index in [1.165, 1.54) is 36.7 Å². The van der Waals surface area contributed by atoms with Gasteiger partial charge in [-0.15, -0.1) is 0 Å². The second-order valence-electron chi connectivity index (χ2n) is 2.71. The molecule has 1 aromatic carbocycles. The van der Waals surface area contributed by atoms with Crippen LogP contribution in [-0.4, -0.2) is 11.8 Å². The van der Waals surface area contributed by atoms with Crippen molar-refractivity contribution < 1.29 is 9.59 Å². The molecule has 1 aromatic rings. The predicted molar refractivity (Wildman–Crippen MR) is 52.6 cm³/mol. The first kappa shape index (κ1) is 11.2. The summed E-state index contributed by atoms with van der Waals surface area (Å²) in [5, 5.41) is 20.4. The number of nitrogens with zero attached hydrogens (tertiary/aromatic N) is 2. The normalized spacial score (nSPS) is 8.38. The van der Waals surface area contributed by atoms with Crippen LogP contribution in [0.2, 0.25) is 0 Å². The van der Waals surface area contributed by atoms with E-state index in [0.717, 1.165) is 0 Å². The Kier molecular flexibility index (Phi) is 3.59. The maximum Gasteiger partial charge on any atom is 0.264 e. The van der Waals surface area contributed by atoms with Crippen LogP contribution in [0.25, 0.3) is 0 Å². The highest BCUT2D eigenvalue weighted by atomic mass is 16.2. The maximum atomic E-state index is 11.2. The van der Waals surface area contributed by atoms with Gasteiger partial charge in [0.2, 0.25) is 0 Å². The van der Waals surface area contributed by atoms with E-state index in [1.807, 2.05) is 10.6 Å². The molecule has 6 heteroatoms. The molecule has 1 rings (SSSR count). The first-order valence-corrected chi connectivity index (χ1v) is 4.18. The van der Waals surface area contributed by atoms with E-state index >= 15 is 0 Å². The molecule has 0 fully saturated rings. The summed E-state index contributed by atoms with van der Waals surface area (Å²) < 4.78 is 0. The zero-order valence-corrected chi connectivity index (χ0v) is 8.02. The number of hydrogen-bond donors (Lipinski definition) is 2. The summed E-state index contributed by atoms with van der Waals surface area (Å²) in [5.41, 5.74) is 0.519. The van der Waals surface area contributed by atoms with Crippen LogP contribution in [0.15, 0.2) is 24.3 Å². The van der Waals surface area contributed by atoms with E-state index in [0.29, 0.717) is 0 Å². The lowest BCUT2D eigenvalue weighted by Gasteiger charge is -2.00. The number of nitrogens with one attached hydrogen (secondary N) is 2. The van der Waals surface area contributed by atoms with Gasteiger partial charge in [0.1, 0.15) is 0 Å². The lowest BCUT2D eigenvalue weighted by Crippen LogP contribution is -2.19. The summed E-state index contributed by atoms with van der Waals surface area (Å²) >= 11 is 0. The highest BCUT2D eigenvalue weighted by Gasteiger charge is 2.07. The third-order valence-electron chi connectivity index (χ3n) is 1.75. The van der Waals surface area contributed by atoms with Gasteiger partial charge in [-0.3, -0.25) is 20.2 Å². The number of carbonyl (C=O) groups excluding carboxylic acids is 2. The lowest BCUT2D eigenvalue weighted by atomic mass is 10.1. The molecule has 0 bridgehead atoms. The van der Waals surface area contributed by atoms with Crippen molar-refractivity contribution in [3.63, 3.8) is 0 Å². The number of hydrogen-bond acceptors (Lipinski definition) is 4. The van der Waals surface area contributed by atoms with Gasteiger partial charge in [0.15, 0.2) is 12.4 Å². The summed E-state index contributed by atoms with van der Waals surface area (Å²) in [6.45, 7) is 0. The maximum absolute atomic E-state index is 11.2. The molecule has 2 amide bonds. The topological polar surface area (TPSA) is 106 Å². The first-order valence-electron chi connectivity index (χ1n) is 4.18. The molecule has 0 aliphatic rings. The Morgan fingerprint density at radius 3 is 1.44 bits per heavy atom. The van der Waals surface area contributed by atoms with Crippen molar-refractivity contribution in [1.29, 1.82) is 10.5 Å². The van der Waals surface area contributed by atoms with E-state index in [9.17, 15) is 9.59 Å². The van der Waals surface area contributed by atoms with Gasteiger partial charge in [-0.25, -0.2) is 0 Å². The fourth-order valence-electron chi connectivity index (χ4n) is 1.02. The Hall–Kier alpha value is -2.86. The number of benzene rings is 1. The Balaban J connectivity index is 2.84. The van der Waals surface area contributed by atoms with Gasteiger partial charge >= 0.3 is 0 Å². The van der Waals surface area contributed by atoms with Gasteiger partial charge in [0.25, 0.3) is 11.8 Å². The summed E-state index contributed by atoms with van der Waals surface area (Å²) in [6.07, 6.45) is 3.00. The molecule has 0 aliphatic carbocycles. The number of amides is 2. The molecule has 6 nitrogen and oxygen atoms in total. The Labute approximate surface area is 91.1 Å². The highest BCUT2D eigenvalue weighted by molar-refractivity contribution is 5.98. The minimum atomic E-state index is -0.547. The van der Waals surface area contributed by atoms with E-state index < -0.39 is 11.8 Å². The molecule has 0 aliphatic heterocycles. The molecule has 0 atom stereocenters. The number of carbonyl (C=O) groups is 2. The van der Waals surface area contributed by atoms with E-state index in [1.54, 1.807) is 0 Å². The highest BCUT2D eigenvalue weighted by Crippen LogP contribution is 2.04. The second kappa shape index (κ2) is 5.13. The standard InChI is InChI=1S/C10H6N4O2/c11-5-13-9(15)7-1-2-8(4-3-7)10(16)14-6-12/h1-4H,(H,13,15)(H,14,16). The van der Waals surface area contributed by atoms with Crippen LogP contribution in [0.4, 0.5) is 0 Å². The summed E-state index contributed by atoms with van der Waals surface area (Å²) in [5.74, 6) is -1.09. The molecule has 78 valence electrons. The van der Waals surface area contributed by atoms with Gasteiger partial charge in [0, 0.05) is 11.1 Å². The zero-order chi connectivity index (χ0) is 12.0. The molecular weight excluding hydrogens is 208 g/mol. The summed E-state index contributed by atoms with van der Waals surface area (Å²) in [6, 6.07) is 5.55. The molecule has 0 radical (unpaired) electrons. The van der Waals surface area contributed by atoms with Crippen molar-refractivity contribution in [3.8, 4) is 12.4 Å². The van der Waals surface area contributed by atoms with E-state index in [-0.39, 0.29) is 11.1 Å². The summed E-state index contributed by atoms with van der Waals surface area (Å²) in [4.78, 5) is 22.3. The molecule has 0 saturated heterocycles. The molecule has 16 heavy (non-hydrogen) atoms.